The largest absolute Gasteiger partial charge is 0.422 e. The summed E-state index contributed by atoms with van der Waals surface area (Å²) in [4.78, 5) is 51.4. The summed E-state index contributed by atoms with van der Waals surface area (Å²) in [6.45, 7) is 1.76. The Morgan fingerprint density at radius 1 is 0.875 bits per heavy atom. The Morgan fingerprint density at radius 3 is 2.28 bits per heavy atom. The Balaban J connectivity index is 1.69. The summed E-state index contributed by atoms with van der Waals surface area (Å²) in [6.07, 6.45) is 1.31. The lowest BCUT2D eigenvalue weighted by molar-refractivity contribution is -0.122. The number of ether oxygens (including phenoxy) is 1. The number of hydrogen-bond donors (Lipinski definition) is 1. The highest BCUT2D eigenvalue weighted by Gasteiger charge is 2.37. The molecule has 158 valence electrons. The van der Waals surface area contributed by atoms with E-state index < -0.39 is 23.8 Å². The molecule has 3 aromatic rings. The summed E-state index contributed by atoms with van der Waals surface area (Å²) < 4.78 is 5.49. The number of carbonyl (C=O) groups excluding carboxylic acids is 4. The van der Waals surface area contributed by atoms with Crippen molar-refractivity contribution in [3.63, 3.8) is 0 Å². The quantitative estimate of drug-likeness (QED) is 0.296. The number of amides is 4. The SMILES string of the molecule is Cc1ccccc1N1C(=O)NC(=O)/C(=C/c2ccccc2OC(=O)c2ccccc2)C1=O. The van der Waals surface area contributed by atoms with Crippen LogP contribution in [0.1, 0.15) is 21.5 Å². The predicted octanol–water partition coefficient (Wildman–Crippen LogP) is 3.88. The second-order valence-electron chi connectivity index (χ2n) is 7.04. The number of esters is 1. The Labute approximate surface area is 183 Å². The summed E-state index contributed by atoms with van der Waals surface area (Å²) >= 11 is 0. The molecule has 1 aliphatic rings. The molecule has 1 heterocycles. The monoisotopic (exact) mass is 426 g/mol. The van der Waals surface area contributed by atoms with Gasteiger partial charge in [0.25, 0.3) is 11.8 Å². The van der Waals surface area contributed by atoms with E-state index in [1.165, 1.54) is 6.08 Å². The van der Waals surface area contributed by atoms with E-state index in [4.69, 9.17) is 4.74 Å². The van der Waals surface area contributed by atoms with Gasteiger partial charge in [0.1, 0.15) is 11.3 Å². The zero-order chi connectivity index (χ0) is 22.7. The molecule has 3 aromatic carbocycles. The fourth-order valence-electron chi connectivity index (χ4n) is 3.27. The molecule has 32 heavy (non-hydrogen) atoms. The maximum absolute atomic E-state index is 13.1. The van der Waals surface area contributed by atoms with E-state index >= 15 is 0 Å². The summed E-state index contributed by atoms with van der Waals surface area (Å²) in [7, 11) is 0. The zero-order valence-corrected chi connectivity index (χ0v) is 17.1. The number of nitrogens with zero attached hydrogens (tertiary/aromatic N) is 1. The van der Waals surface area contributed by atoms with E-state index in [-0.39, 0.29) is 11.3 Å². The number of carbonyl (C=O) groups is 4. The molecule has 0 aliphatic carbocycles. The second-order valence-corrected chi connectivity index (χ2v) is 7.04. The average Bonchev–Trinajstić information content (AvgIpc) is 2.79. The van der Waals surface area contributed by atoms with Gasteiger partial charge in [-0.25, -0.2) is 14.5 Å². The smallest absolute Gasteiger partial charge is 0.343 e. The third-order valence-electron chi connectivity index (χ3n) is 4.89. The maximum Gasteiger partial charge on any atom is 0.343 e. The summed E-state index contributed by atoms with van der Waals surface area (Å²) in [6, 6.07) is 21.0. The number of hydrogen-bond acceptors (Lipinski definition) is 5. The highest BCUT2D eigenvalue weighted by atomic mass is 16.5. The fraction of sp³-hybridized carbons (Fsp3) is 0.0400. The first-order chi connectivity index (χ1) is 15.5. The van der Waals surface area contributed by atoms with Crippen LogP contribution in [-0.4, -0.2) is 23.8 Å². The van der Waals surface area contributed by atoms with Gasteiger partial charge in [-0.2, -0.15) is 0 Å². The molecular weight excluding hydrogens is 408 g/mol. The van der Waals surface area contributed by atoms with Gasteiger partial charge in [0.2, 0.25) is 0 Å². The topological polar surface area (TPSA) is 92.8 Å². The Kier molecular flexibility index (Phi) is 5.63. The maximum atomic E-state index is 13.1. The molecule has 0 unspecified atom stereocenters. The van der Waals surface area contributed by atoms with Gasteiger partial charge in [-0.1, -0.05) is 54.6 Å². The highest BCUT2D eigenvalue weighted by molar-refractivity contribution is 6.39. The van der Waals surface area contributed by atoms with Gasteiger partial charge in [-0.3, -0.25) is 14.9 Å². The summed E-state index contributed by atoms with van der Waals surface area (Å²) in [5.74, 6) is -1.99. The number of barbiturate groups is 1. The van der Waals surface area contributed by atoms with Crippen molar-refractivity contribution >= 4 is 35.6 Å². The number of urea groups is 1. The van der Waals surface area contributed by atoms with Crippen LogP contribution in [0.15, 0.2) is 84.4 Å². The number of imide groups is 2. The van der Waals surface area contributed by atoms with E-state index in [9.17, 15) is 19.2 Å². The van der Waals surface area contributed by atoms with E-state index in [1.807, 2.05) is 0 Å². The molecule has 0 bridgehead atoms. The number of anilines is 1. The lowest BCUT2D eigenvalue weighted by Gasteiger charge is -2.27. The molecule has 0 saturated carbocycles. The highest BCUT2D eigenvalue weighted by Crippen LogP contribution is 2.27. The number of aryl methyl sites for hydroxylation is 1. The molecule has 1 aliphatic heterocycles. The molecular formula is C25H18N2O5. The minimum atomic E-state index is -0.825. The Hall–Kier alpha value is -4.52. The van der Waals surface area contributed by atoms with Crippen LogP contribution in [0, 0.1) is 6.92 Å². The molecule has 7 heteroatoms. The van der Waals surface area contributed by atoms with Gasteiger partial charge in [-0.05, 0) is 42.8 Å². The van der Waals surface area contributed by atoms with Crippen LogP contribution in [0.3, 0.4) is 0 Å². The first-order valence-corrected chi connectivity index (χ1v) is 9.79. The van der Waals surface area contributed by atoms with Gasteiger partial charge < -0.3 is 4.74 Å². The molecule has 0 radical (unpaired) electrons. The number of rotatable bonds is 4. The van der Waals surface area contributed by atoms with Gasteiger partial charge >= 0.3 is 12.0 Å². The van der Waals surface area contributed by atoms with Crippen LogP contribution in [0.4, 0.5) is 10.5 Å². The van der Waals surface area contributed by atoms with Crippen LogP contribution in [0.25, 0.3) is 6.08 Å². The van der Waals surface area contributed by atoms with Crippen LogP contribution in [0.2, 0.25) is 0 Å². The molecule has 0 aromatic heterocycles. The normalized spacial score (nSPS) is 15.0. The van der Waals surface area contributed by atoms with Crippen molar-refractivity contribution < 1.29 is 23.9 Å². The standard InChI is InChI=1S/C25H18N2O5/c1-16-9-5-7-13-20(16)27-23(29)19(22(28)26-25(27)31)15-18-12-6-8-14-21(18)32-24(30)17-10-3-2-4-11-17/h2-15H,1H3,(H,26,28,31)/b19-15-. The number of benzene rings is 3. The van der Waals surface area contributed by atoms with Gasteiger partial charge in [0, 0.05) is 5.56 Å². The van der Waals surface area contributed by atoms with Gasteiger partial charge in [0.05, 0.1) is 11.3 Å². The Bertz CT molecular complexity index is 1260. The van der Waals surface area contributed by atoms with Gasteiger partial charge in [-0.15, -0.1) is 0 Å². The first kappa shape index (κ1) is 20.7. The molecule has 1 N–H and O–H groups in total. The third-order valence-corrected chi connectivity index (χ3v) is 4.89. The van der Waals surface area contributed by atoms with Crippen molar-refractivity contribution in [3.8, 4) is 5.75 Å². The molecule has 1 saturated heterocycles. The molecule has 4 rings (SSSR count). The van der Waals surface area contributed by atoms with E-state index in [0.29, 0.717) is 22.4 Å². The van der Waals surface area contributed by atoms with Crippen molar-refractivity contribution in [2.24, 2.45) is 0 Å². The lowest BCUT2D eigenvalue weighted by Crippen LogP contribution is -2.54. The fourth-order valence-corrected chi connectivity index (χ4v) is 3.27. The molecule has 7 nitrogen and oxygen atoms in total. The zero-order valence-electron chi connectivity index (χ0n) is 17.1. The van der Waals surface area contributed by atoms with E-state index in [2.05, 4.69) is 5.32 Å². The van der Waals surface area contributed by atoms with Crippen molar-refractivity contribution in [3.05, 3.63) is 101 Å². The number of para-hydroxylation sites is 2. The average molecular weight is 426 g/mol. The minimum Gasteiger partial charge on any atom is -0.422 e. The second kappa shape index (κ2) is 8.69. The van der Waals surface area contributed by atoms with Crippen molar-refractivity contribution in [1.29, 1.82) is 0 Å². The van der Waals surface area contributed by atoms with Gasteiger partial charge in [0.15, 0.2) is 0 Å². The van der Waals surface area contributed by atoms with E-state index in [0.717, 1.165) is 4.90 Å². The minimum absolute atomic E-state index is 0.175. The molecule has 1 fully saturated rings. The third kappa shape index (κ3) is 4.04. The number of nitrogens with one attached hydrogen (secondary N) is 1. The van der Waals surface area contributed by atoms with Crippen LogP contribution in [0.5, 0.6) is 5.75 Å². The molecule has 0 spiro atoms. The predicted molar refractivity (Wildman–Crippen MR) is 118 cm³/mol. The van der Waals surface area contributed by atoms with Crippen LogP contribution in [-0.2, 0) is 9.59 Å². The summed E-state index contributed by atoms with van der Waals surface area (Å²) in [5.41, 5.74) is 1.52. The first-order valence-electron chi connectivity index (χ1n) is 9.79. The van der Waals surface area contributed by atoms with Crippen molar-refractivity contribution in [2.75, 3.05) is 4.90 Å². The molecule has 4 amide bonds. The van der Waals surface area contributed by atoms with Crippen LogP contribution >= 0.6 is 0 Å². The summed E-state index contributed by atoms with van der Waals surface area (Å²) in [5, 5.41) is 2.19. The lowest BCUT2D eigenvalue weighted by atomic mass is 10.0. The Morgan fingerprint density at radius 2 is 1.53 bits per heavy atom. The van der Waals surface area contributed by atoms with Crippen molar-refractivity contribution in [2.45, 2.75) is 6.92 Å². The van der Waals surface area contributed by atoms with E-state index in [1.54, 1.807) is 85.8 Å². The van der Waals surface area contributed by atoms with Crippen molar-refractivity contribution in [1.82, 2.24) is 5.32 Å². The van der Waals surface area contributed by atoms with Crippen LogP contribution < -0.4 is 15.0 Å². The molecule has 0 atom stereocenters.